The maximum atomic E-state index is 12.2. The monoisotopic (exact) mass is 486 g/mol. The Labute approximate surface area is 203 Å². The van der Waals surface area contributed by atoms with Crippen LogP contribution >= 0.6 is 11.8 Å². The number of nitrogens with zero attached hydrogens (tertiary/aromatic N) is 4. The number of hydrogen-bond acceptors (Lipinski definition) is 8. The van der Waals surface area contributed by atoms with Crippen LogP contribution in [0.5, 0.6) is 0 Å². The molecule has 11 heteroatoms. The first-order valence-corrected chi connectivity index (χ1v) is 11.3. The first-order chi connectivity index (χ1) is 17.0. The maximum Gasteiger partial charge on any atom is 0.270 e. The van der Waals surface area contributed by atoms with Crippen molar-refractivity contribution in [3.63, 3.8) is 0 Å². The molecule has 4 rings (SSSR count). The van der Waals surface area contributed by atoms with E-state index in [1.165, 1.54) is 18.2 Å². The highest BCUT2D eigenvalue weighted by Gasteiger charge is 2.16. The number of hydrogen-bond donors (Lipinski definition) is 2. The van der Waals surface area contributed by atoms with Gasteiger partial charge in [-0.25, -0.2) is 4.98 Å². The smallest absolute Gasteiger partial charge is 0.270 e. The summed E-state index contributed by atoms with van der Waals surface area (Å²) in [5.74, 6) is -1.27. The number of thioether (sulfide) groups is 1. The van der Waals surface area contributed by atoms with E-state index in [4.69, 9.17) is 0 Å². The van der Waals surface area contributed by atoms with Gasteiger partial charge in [0.15, 0.2) is 0 Å². The fourth-order valence-electron chi connectivity index (χ4n) is 3.09. The van der Waals surface area contributed by atoms with Gasteiger partial charge in [-0.05, 0) is 6.07 Å². The van der Waals surface area contributed by atoms with Gasteiger partial charge in [0, 0.05) is 28.8 Å². The first kappa shape index (κ1) is 23.5. The number of amides is 2. The van der Waals surface area contributed by atoms with Crippen LogP contribution in [0.1, 0.15) is 10.4 Å². The summed E-state index contributed by atoms with van der Waals surface area (Å²) in [5.41, 5.74) is 7.31. The van der Waals surface area contributed by atoms with Crippen LogP contribution in [-0.4, -0.2) is 37.7 Å². The molecule has 0 aliphatic carbocycles. The number of carbonyl (C=O) groups excluding carboxylic acids is 2. The second-order valence-corrected chi connectivity index (χ2v) is 8.06. The van der Waals surface area contributed by atoms with E-state index in [1.54, 1.807) is 0 Å². The van der Waals surface area contributed by atoms with E-state index >= 15 is 0 Å². The van der Waals surface area contributed by atoms with Gasteiger partial charge in [-0.1, -0.05) is 78.5 Å². The zero-order chi connectivity index (χ0) is 24.6. The number of benzene rings is 3. The van der Waals surface area contributed by atoms with Crippen molar-refractivity contribution in [3.8, 4) is 22.5 Å². The van der Waals surface area contributed by atoms with Crippen LogP contribution in [0.4, 0.5) is 5.69 Å². The Balaban J connectivity index is 1.42. The van der Waals surface area contributed by atoms with Crippen molar-refractivity contribution in [2.75, 3.05) is 5.75 Å². The minimum atomic E-state index is -0.677. The van der Waals surface area contributed by atoms with Gasteiger partial charge in [-0.3, -0.25) is 30.6 Å². The molecule has 2 amide bonds. The van der Waals surface area contributed by atoms with Crippen molar-refractivity contribution in [2.24, 2.45) is 0 Å². The molecule has 0 spiro atoms. The average Bonchev–Trinajstić information content (AvgIpc) is 2.91. The van der Waals surface area contributed by atoms with Crippen LogP contribution in [0.2, 0.25) is 0 Å². The summed E-state index contributed by atoms with van der Waals surface area (Å²) in [6.07, 6.45) is 0. The third-order valence-electron chi connectivity index (χ3n) is 4.73. The van der Waals surface area contributed by atoms with Crippen LogP contribution in [0.3, 0.4) is 0 Å². The zero-order valence-corrected chi connectivity index (χ0v) is 18.9. The molecule has 174 valence electrons. The molecule has 0 saturated heterocycles. The molecule has 4 aromatic rings. The number of nitro benzene ring substituents is 1. The lowest BCUT2D eigenvalue weighted by Crippen LogP contribution is -2.42. The molecule has 0 radical (unpaired) electrons. The normalized spacial score (nSPS) is 10.4. The molecule has 0 aliphatic rings. The van der Waals surface area contributed by atoms with Gasteiger partial charge in [-0.2, -0.15) is 0 Å². The molecular weight excluding hydrogens is 468 g/mol. The molecule has 35 heavy (non-hydrogen) atoms. The van der Waals surface area contributed by atoms with E-state index in [1.807, 2.05) is 60.7 Å². The minimum Gasteiger partial charge on any atom is -0.272 e. The van der Waals surface area contributed by atoms with E-state index < -0.39 is 16.7 Å². The van der Waals surface area contributed by atoms with Crippen molar-refractivity contribution in [1.82, 2.24) is 26.0 Å². The van der Waals surface area contributed by atoms with Crippen molar-refractivity contribution < 1.29 is 14.5 Å². The minimum absolute atomic E-state index is 0.0451. The molecule has 0 unspecified atom stereocenters. The molecule has 0 atom stereocenters. The van der Waals surface area contributed by atoms with E-state index in [2.05, 4.69) is 26.0 Å². The summed E-state index contributed by atoms with van der Waals surface area (Å²) in [7, 11) is 0. The summed E-state index contributed by atoms with van der Waals surface area (Å²) in [6, 6.07) is 24.3. The van der Waals surface area contributed by atoms with E-state index in [0.717, 1.165) is 29.0 Å². The third-order valence-corrected chi connectivity index (χ3v) is 5.57. The van der Waals surface area contributed by atoms with Crippen molar-refractivity contribution in [1.29, 1.82) is 0 Å². The Hall–Kier alpha value is -4.64. The van der Waals surface area contributed by atoms with Gasteiger partial charge >= 0.3 is 0 Å². The van der Waals surface area contributed by atoms with Crippen molar-refractivity contribution in [2.45, 2.75) is 5.16 Å². The number of non-ortho nitro benzene ring substituents is 1. The third kappa shape index (κ3) is 6.03. The SMILES string of the molecule is O=C(CSc1nnc(-c2ccccc2)c(-c2ccccc2)n1)NNC(=O)c1cccc([N+](=O)[O-])c1. The first-order valence-electron chi connectivity index (χ1n) is 10.3. The standard InChI is InChI=1S/C24H18N6O4S/c31-20(26-28-23(32)18-12-7-13-19(14-18)30(33)34)15-35-24-25-21(16-8-3-1-4-9-16)22(27-29-24)17-10-5-2-6-11-17/h1-14H,15H2,(H,26,31)(H,28,32). The fraction of sp³-hybridized carbons (Fsp3) is 0.0417. The predicted molar refractivity (Wildman–Crippen MR) is 130 cm³/mol. The molecule has 2 N–H and O–H groups in total. The van der Waals surface area contributed by atoms with Crippen LogP contribution in [-0.2, 0) is 4.79 Å². The molecule has 1 heterocycles. The lowest BCUT2D eigenvalue weighted by Gasteiger charge is -2.10. The van der Waals surface area contributed by atoms with Crippen LogP contribution in [0.15, 0.2) is 90.1 Å². The van der Waals surface area contributed by atoms with Gasteiger partial charge < -0.3 is 0 Å². The summed E-state index contributed by atoms with van der Waals surface area (Å²) < 4.78 is 0. The highest BCUT2D eigenvalue weighted by molar-refractivity contribution is 7.99. The second kappa shape index (κ2) is 11.0. The quantitative estimate of drug-likeness (QED) is 0.229. The lowest BCUT2D eigenvalue weighted by atomic mass is 10.0. The number of nitrogens with one attached hydrogen (secondary N) is 2. The topological polar surface area (TPSA) is 140 Å². The Morgan fingerprint density at radius 3 is 2.14 bits per heavy atom. The van der Waals surface area contributed by atoms with Gasteiger partial charge in [-0.15, -0.1) is 10.2 Å². The lowest BCUT2D eigenvalue weighted by molar-refractivity contribution is -0.384. The molecule has 10 nitrogen and oxygen atoms in total. The maximum absolute atomic E-state index is 12.2. The van der Waals surface area contributed by atoms with Crippen LogP contribution in [0.25, 0.3) is 22.5 Å². The number of hydrazine groups is 1. The molecule has 0 saturated carbocycles. The Kier molecular flexibility index (Phi) is 7.38. The largest absolute Gasteiger partial charge is 0.272 e. The summed E-state index contributed by atoms with van der Waals surface area (Å²) in [6.45, 7) is 0. The molecule has 0 bridgehead atoms. The number of aromatic nitrogens is 3. The Bertz CT molecular complexity index is 1370. The summed E-state index contributed by atoms with van der Waals surface area (Å²) >= 11 is 1.06. The fourth-order valence-corrected chi connectivity index (χ4v) is 3.67. The van der Waals surface area contributed by atoms with Gasteiger partial charge in [0.2, 0.25) is 11.1 Å². The Morgan fingerprint density at radius 1 is 0.829 bits per heavy atom. The molecule has 1 aromatic heterocycles. The van der Waals surface area contributed by atoms with Gasteiger partial charge in [0.1, 0.15) is 11.4 Å². The zero-order valence-electron chi connectivity index (χ0n) is 18.1. The number of nitro groups is 1. The van der Waals surface area contributed by atoms with Crippen LogP contribution < -0.4 is 10.9 Å². The molecule has 0 fully saturated rings. The number of carbonyl (C=O) groups is 2. The highest BCUT2D eigenvalue weighted by atomic mass is 32.2. The summed E-state index contributed by atoms with van der Waals surface area (Å²) in [4.78, 5) is 39.3. The highest BCUT2D eigenvalue weighted by Crippen LogP contribution is 2.29. The van der Waals surface area contributed by atoms with Crippen molar-refractivity contribution in [3.05, 3.63) is 101 Å². The van der Waals surface area contributed by atoms with Gasteiger partial charge in [0.05, 0.1) is 10.7 Å². The summed E-state index contributed by atoms with van der Waals surface area (Å²) in [5, 5.41) is 19.7. The molecular formula is C24H18N6O4S. The van der Waals surface area contributed by atoms with E-state index in [-0.39, 0.29) is 17.0 Å². The second-order valence-electron chi connectivity index (χ2n) is 7.12. The Morgan fingerprint density at radius 2 is 1.49 bits per heavy atom. The average molecular weight is 487 g/mol. The van der Waals surface area contributed by atoms with Gasteiger partial charge in [0.25, 0.3) is 11.6 Å². The molecule has 0 aliphatic heterocycles. The number of rotatable bonds is 7. The van der Waals surface area contributed by atoms with Crippen molar-refractivity contribution >= 4 is 29.3 Å². The van der Waals surface area contributed by atoms with E-state index in [0.29, 0.717) is 16.5 Å². The van der Waals surface area contributed by atoms with Crippen LogP contribution in [0, 0.1) is 10.1 Å². The van der Waals surface area contributed by atoms with E-state index in [9.17, 15) is 19.7 Å². The predicted octanol–water partition coefficient (Wildman–Crippen LogP) is 3.67. The molecule has 3 aromatic carbocycles.